The van der Waals surface area contributed by atoms with Crippen LogP contribution >= 0.6 is 0 Å². The molecule has 4 aromatic rings. The van der Waals surface area contributed by atoms with Crippen LogP contribution < -0.4 is 4.90 Å². The van der Waals surface area contributed by atoms with Gasteiger partial charge < -0.3 is 14.7 Å². The van der Waals surface area contributed by atoms with Gasteiger partial charge in [-0.3, -0.25) is 0 Å². The summed E-state index contributed by atoms with van der Waals surface area (Å²) in [6.07, 6.45) is -0.00847. The van der Waals surface area contributed by atoms with Gasteiger partial charge in [0.1, 0.15) is 17.1 Å². The van der Waals surface area contributed by atoms with Crippen molar-refractivity contribution < 1.29 is 18.6 Å². The molecule has 1 N–H and O–H groups in total. The van der Waals surface area contributed by atoms with Gasteiger partial charge in [0.05, 0.1) is 12.3 Å². The number of benzene rings is 3. The third kappa shape index (κ3) is 3.15. The molecular weight excluding hydrogens is 390 g/mol. The number of rotatable bonds is 3. The molecule has 1 aromatic heterocycles. The fraction of sp³-hybridized carbons (Fsp3) is 0.182. The van der Waals surface area contributed by atoms with Crippen LogP contribution in [0.5, 0.6) is 5.75 Å². The number of hydrogen-bond acceptors (Lipinski definition) is 5. The standard InChI is InChI=1S/C22H18F2N4O2/c23-17-12-18-21(20(24)22(17)29)28(26-25-18)16-8-6-15(7-9-16)27-10-11-30-19(13-27)14-4-2-1-3-5-14/h1-9,12,19,29H,10-11,13H2/t19-/m0/s1. The molecule has 1 saturated heterocycles. The number of nitrogens with zero attached hydrogens (tertiary/aromatic N) is 4. The molecule has 2 heterocycles. The molecular formula is C22H18F2N4O2. The highest BCUT2D eigenvalue weighted by atomic mass is 19.1. The van der Waals surface area contributed by atoms with E-state index in [9.17, 15) is 13.9 Å². The highest BCUT2D eigenvalue weighted by Crippen LogP contribution is 2.30. The first-order valence-corrected chi connectivity index (χ1v) is 9.56. The van der Waals surface area contributed by atoms with Crippen LogP contribution in [0.2, 0.25) is 0 Å². The Morgan fingerprint density at radius 2 is 1.73 bits per heavy atom. The molecule has 1 fully saturated rings. The molecule has 8 heteroatoms. The lowest BCUT2D eigenvalue weighted by atomic mass is 10.1. The molecule has 6 nitrogen and oxygen atoms in total. The molecule has 0 aliphatic carbocycles. The predicted octanol–water partition coefficient (Wildman–Crippen LogP) is 3.98. The quantitative estimate of drug-likeness (QED) is 0.556. The normalized spacial score (nSPS) is 16.9. The van der Waals surface area contributed by atoms with Gasteiger partial charge in [0, 0.05) is 24.8 Å². The Kier molecular flexibility index (Phi) is 4.55. The summed E-state index contributed by atoms with van der Waals surface area (Å²) in [5.41, 5.74) is 2.65. The minimum absolute atomic E-state index is 0.00847. The van der Waals surface area contributed by atoms with Gasteiger partial charge in [0.15, 0.2) is 17.4 Å². The van der Waals surface area contributed by atoms with E-state index in [4.69, 9.17) is 4.74 Å². The number of halogens is 2. The van der Waals surface area contributed by atoms with Gasteiger partial charge in [-0.25, -0.2) is 13.5 Å². The summed E-state index contributed by atoms with van der Waals surface area (Å²) in [5.74, 6) is -3.19. The number of hydrogen-bond donors (Lipinski definition) is 1. The average molecular weight is 408 g/mol. The molecule has 0 radical (unpaired) electrons. The predicted molar refractivity (Wildman–Crippen MR) is 108 cm³/mol. The average Bonchev–Trinajstić information content (AvgIpc) is 3.22. The van der Waals surface area contributed by atoms with E-state index in [1.807, 2.05) is 30.3 Å². The number of morpholine rings is 1. The SMILES string of the molecule is Oc1c(F)cc2nnn(-c3ccc(N4CCO[C@H](c5ccccc5)C4)cc3)c2c1F. The second-order valence-corrected chi connectivity index (χ2v) is 7.12. The summed E-state index contributed by atoms with van der Waals surface area (Å²) in [4.78, 5) is 2.23. The second-order valence-electron chi connectivity index (χ2n) is 7.12. The van der Waals surface area contributed by atoms with Gasteiger partial charge >= 0.3 is 0 Å². The summed E-state index contributed by atoms with van der Waals surface area (Å²) in [6, 6.07) is 18.5. The van der Waals surface area contributed by atoms with Crippen LogP contribution in [0.1, 0.15) is 11.7 Å². The zero-order chi connectivity index (χ0) is 20.7. The van der Waals surface area contributed by atoms with Gasteiger partial charge in [-0.05, 0) is 29.8 Å². The van der Waals surface area contributed by atoms with Crippen molar-refractivity contribution in [1.82, 2.24) is 15.0 Å². The summed E-state index contributed by atoms with van der Waals surface area (Å²) < 4.78 is 35.1. The molecule has 0 unspecified atom stereocenters. The van der Waals surface area contributed by atoms with Gasteiger partial charge in [0.25, 0.3) is 0 Å². The van der Waals surface area contributed by atoms with E-state index in [0.717, 1.165) is 30.4 Å². The largest absolute Gasteiger partial charge is 0.503 e. The highest BCUT2D eigenvalue weighted by molar-refractivity contribution is 5.79. The Hall–Kier alpha value is -3.52. The molecule has 3 aromatic carbocycles. The van der Waals surface area contributed by atoms with Crippen LogP contribution in [-0.4, -0.2) is 39.8 Å². The fourth-order valence-electron chi connectivity index (χ4n) is 3.74. The molecule has 0 bridgehead atoms. The molecule has 5 rings (SSSR count). The van der Waals surface area contributed by atoms with E-state index in [1.54, 1.807) is 12.1 Å². The van der Waals surface area contributed by atoms with Crippen LogP contribution in [0.25, 0.3) is 16.7 Å². The summed E-state index contributed by atoms with van der Waals surface area (Å²) in [6.45, 7) is 2.10. The molecule has 1 atom stereocenters. The zero-order valence-electron chi connectivity index (χ0n) is 15.9. The summed E-state index contributed by atoms with van der Waals surface area (Å²) in [7, 11) is 0. The number of fused-ring (bicyclic) bond motifs is 1. The van der Waals surface area contributed by atoms with Gasteiger partial charge in [0.2, 0.25) is 0 Å². The number of aromatic hydroxyl groups is 1. The molecule has 1 aliphatic rings. The first kappa shape index (κ1) is 18.5. The number of phenols is 1. The molecule has 30 heavy (non-hydrogen) atoms. The fourth-order valence-corrected chi connectivity index (χ4v) is 3.74. The molecule has 1 aliphatic heterocycles. The van der Waals surface area contributed by atoms with Crippen molar-refractivity contribution in [3.05, 3.63) is 77.9 Å². The molecule has 0 saturated carbocycles. The van der Waals surface area contributed by atoms with Crippen LogP contribution in [0.4, 0.5) is 14.5 Å². The third-order valence-corrected chi connectivity index (χ3v) is 5.30. The number of aromatic nitrogens is 3. The van der Waals surface area contributed by atoms with Crippen LogP contribution in [0.15, 0.2) is 60.7 Å². The summed E-state index contributed by atoms with van der Waals surface area (Å²) >= 11 is 0. The first-order chi connectivity index (χ1) is 14.6. The van der Waals surface area contributed by atoms with E-state index in [0.29, 0.717) is 12.3 Å². The zero-order valence-corrected chi connectivity index (χ0v) is 15.9. The van der Waals surface area contributed by atoms with Gasteiger partial charge in [-0.15, -0.1) is 5.10 Å². The Bertz CT molecular complexity index is 1200. The van der Waals surface area contributed by atoms with E-state index in [2.05, 4.69) is 27.3 Å². The maximum atomic E-state index is 14.4. The van der Waals surface area contributed by atoms with Crippen molar-refractivity contribution in [2.75, 3.05) is 24.6 Å². The lowest BCUT2D eigenvalue weighted by Crippen LogP contribution is -2.38. The van der Waals surface area contributed by atoms with Crippen LogP contribution in [0.3, 0.4) is 0 Å². The van der Waals surface area contributed by atoms with Gasteiger partial charge in [-0.1, -0.05) is 35.5 Å². The molecule has 152 valence electrons. The second kappa shape index (κ2) is 7.38. The maximum Gasteiger partial charge on any atom is 0.195 e. The Labute approximate surface area is 170 Å². The van der Waals surface area contributed by atoms with Crippen molar-refractivity contribution in [3.8, 4) is 11.4 Å². The Morgan fingerprint density at radius 1 is 1.00 bits per heavy atom. The van der Waals surface area contributed by atoms with Crippen molar-refractivity contribution in [2.45, 2.75) is 6.10 Å². The van der Waals surface area contributed by atoms with Crippen LogP contribution in [0, 0.1) is 11.6 Å². The van der Waals surface area contributed by atoms with E-state index >= 15 is 0 Å². The lowest BCUT2D eigenvalue weighted by molar-refractivity contribution is 0.0398. The number of ether oxygens (including phenoxy) is 1. The topological polar surface area (TPSA) is 63.4 Å². The minimum atomic E-state index is -1.09. The maximum absolute atomic E-state index is 14.4. The van der Waals surface area contributed by atoms with Crippen molar-refractivity contribution >= 4 is 16.7 Å². The van der Waals surface area contributed by atoms with E-state index < -0.39 is 17.4 Å². The van der Waals surface area contributed by atoms with Crippen molar-refractivity contribution in [2.24, 2.45) is 0 Å². The number of phenolic OH excluding ortho intramolecular Hbond substituents is 1. The van der Waals surface area contributed by atoms with Gasteiger partial charge in [-0.2, -0.15) is 0 Å². The van der Waals surface area contributed by atoms with Crippen LogP contribution in [-0.2, 0) is 4.74 Å². The number of anilines is 1. The minimum Gasteiger partial charge on any atom is -0.503 e. The Morgan fingerprint density at radius 3 is 2.50 bits per heavy atom. The summed E-state index contributed by atoms with van der Waals surface area (Å²) in [5, 5.41) is 17.3. The van der Waals surface area contributed by atoms with Crippen molar-refractivity contribution in [1.29, 1.82) is 0 Å². The lowest BCUT2D eigenvalue weighted by Gasteiger charge is -2.34. The molecule has 0 amide bonds. The molecule has 0 spiro atoms. The highest BCUT2D eigenvalue weighted by Gasteiger charge is 2.23. The van der Waals surface area contributed by atoms with Crippen molar-refractivity contribution in [3.63, 3.8) is 0 Å². The first-order valence-electron chi connectivity index (χ1n) is 9.56. The Balaban J connectivity index is 1.42. The monoisotopic (exact) mass is 408 g/mol. The smallest absolute Gasteiger partial charge is 0.195 e. The third-order valence-electron chi connectivity index (χ3n) is 5.30. The van der Waals surface area contributed by atoms with E-state index in [1.165, 1.54) is 4.68 Å². The van der Waals surface area contributed by atoms with E-state index in [-0.39, 0.29) is 17.1 Å².